The molecule has 0 aromatic heterocycles. The van der Waals surface area contributed by atoms with E-state index in [4.69, 9.17) is 0 Å². The highest BCUT2D eigenvalue weighted by Crippen LogP contribution is 2.27. The molecule has 1 aliphatic rings. The van der Waals surface area contributed by atoms with Crippen molar-refractivity contribution in [3.05, 3.63) is 35.4 Å². The molecule has 118 valence electrons. The number of rotatable bonds is 6. The lowest BCUT2D eigenvalue weighted by atomic mass is 9.93. The predicted octanol–water partition coefficient (Wildman–Crippen LogP) is 4.19. The zero-order valence-corrected chi connectivity index (χ0v) is 14.2. The van der Waals surface area contributed by atoms with Crippen molar-refractivity contribution in [2.75, 3.05) is 26.2 Å². The third-order valence-corrected chi connectivity index (χ3v) is 4.97. The summed E-state index contributed by atoms with van der Waals surface area (Å²) in [4.78, 5) is 2.65. The van der Waals surface area contributed by atoms with Crippen molar-refractivity contribution in [2.45, 2.75) is 52.5 Å². The molecule has 2 rings (SSSR count). The van der Waals surface area contributed by atoms with Gasteiger partial charge in [0.1, 0.15) is 0 Å². The Balaban J connectivity index is 1.87. The minimum absolute atomic E-state index is 0.547. The molecular weight excluding hydrogens is 256 g/mol. The van der Waals surface area contributed by atoms with Gasteiger partial charge < -0.3 is 5.32 Å². The van der Waals surface area contributed by atoms with Gasteiger partial charge in [0.05, 0.1) is 0 Å². The van der Waals surface area contributed by atoms with Gasteiger partial charge in [-0.15, -0.1) is 0 Å². The zero-order valence-electron chi connectivity index (χ0n) is 14.2. The summed E-state index contributed by atoms with van der Waals surface area (Å²) in [5.74, 6) is 1.49. The summed E-state index contributed by atoms with van der Waals surface area (Å²) in [6, 6.07) is 9.80. The van der Waals surface area contributed by atoms with E-state index < -0.39 is 0 Å². The van der Waals surface area contributed by atoms with Crippen LogP contribution in [0.25, 0.3) is 0 Å². The number of benzene rings is 1. The quantitative estimate of drug-likeness (QED) is 0.844. The van der Waals surface area contributed by atoms with Gasteiger partial charge in [-0.2, -0.15) is 0 Å². The normalized spacial score (nSPS) is 19.1. The Labute approximate surface area is 130 Å². The summed E-state index contributed by atoms with van der Waals surface area (Å²) in [6.45, 7) is 13.8. The molecule has 0 bridgehead atoms. The van der Waals surface area contributed by atoms with E-state index in [0.29, 0.717) is 12.0 Å². The van der Waals surface area contributed by atoms with Crippen LogP contribution < -0.4 is 5.32 Å². The number of nitrogens with one attached hydrogen (secondary N) is 1. The number of nitrogens with zero attached hydrogens (tertiary/aromatic N) is 1. The lowest BCUT2D eigenvalue weighted by Crippen LogP contribution is -2.38. The van der Waals surface area contributed by atoms with E-state index in [-0.39, 0.29) is 0 Å². The molecule has 1 atom stereocenters. The third kappa shape index (κ3) is 4.55. The van der Waals surface area contributed by atoms with Crippen molar-refractivity contribution in [1.29, 1.82) is 0 Å². The fourth-order valence-corrected chi connectivity index (χ4v) is 3.26. The van der Waals surface area contributed by atoms with Crippen LogP contribution >= 0.6 is 0 Å². The van der Waals surface area contributed by atoms with Crippen molar-refractivity contribution < 1.29 is 0 Å². The maximum Gasteiger partial charge on any atom is 0.0319 e. The molecule has 0 radical (unpaired) electrons. The number of hydrogen-bond acceptors (Lipinski definition) is 2. The molecule has 1 aromatic carbocycles. The second-order valence-electron chi connectivity index (χ2n) is 6.78. The molecule has 21 heavy (non-hydrogen) atoms. The van der Waals surface area contributed by atoms with Crippen molar-refractivity contribution in [1.82, 2.24) is 10.2 Å². The Hall–Kier alpha value is -0.860. The standard InChI is InChI=1S/C19H32N2/c1-5-20-14-17-10-12-21(13-11-17)16(4)19-8-6-18(7-9-19)15(2)3/h6-9,15-17,20H,5,10-14H2,1-4H3. The van der Waals surface area contributed by atoms with Crippen LogP contribution in [0.2, 0.25) is 0 Å². The van der Waals surface area contributed by atoms with Gasteiger partial charge in [-0.3, -0.25) is 4.90 Å². The maximum atomic E-state index is 3.49. The van der Waals surface area contributed by atoms with E-state index in [0.717, 1.165) is 12.5 Å². The topological polar surface area (TPSA) is 15.3 Å². The summed E-state index contributed by atoms with van der Waals surface area (Å²) < 4.78 is 0. The molecule has 2 nitrogen and oxygen atoms in total. The third-order valence-electron chi connectivity index (χ3n) is 4.97. The molecule has 1 saturated heterocycles. The Morgan fingerprint density at radius 3 is 2.14 bits per heavy atom. The van der Waals surface area contributed by atoms with E-state index >= 15 is 0 Å². The summed E-state index contributed by atoms with van der Waals surface area (Å²) in [5.41, 5.74) is 2.90. The van der Waals surface area contributed by atoms with Crippen molar-refractivity contribution in [3.8, 4) is 0 Å². The van der Waals surface area contributed by atoms with Gasteiger partial charge >= 0.3 is 0 Å². The minimum atomic E-state index is 0.547. The first-order valence-electron chi connectivity index (χ1n) is 8.66. The monoisotopic (exact) mass is 288 g/mol. The molecule has 0 aliphatic carbocycles. The van der Waals surface area contributed by atoms with Gasteiger partial charge in [0.15, 0.2) is 0 Å². The predicted molar refractivity (Wildman–Crippen MR) is 91.8 cm³/mol. The molecule has 1 N–H and O–H groups in total. The van der Waals surface area contributed by atoms with Crippen LogP contribution in [0.1, 0.15) is 63.6 Å². The fraction of sp³-hybridized carbons (Fsp3) is 0.684. The summed E-state index contributed by atoms with van der Waals surface area (Å²) in [6.07, 6.45) is 2.67. The fourth-order valence-electron chi connectivity index (χ4n) is 3.26. The SMILES string of the molecule is CCNCC1CCN(C(C)c2ccc(C(C)C)cc2)CC1. The second-order valence-corrected chi connectivity index (χ2v) is 6.78. The molecule has 1 aliphatic heterocycles. The van der Waals surface area contributed by atoms with Crippen LogP contribution in [-0.4, -0.2) is 31.1 Å². The minimum Gasteiger partial charge on any atom is -0.317 e. The molecule has 1 unspecified atom stereocenters. The number of piperidine rings is 1. The summed E-state index contributed by atoms with van der Waals surface area (Å²) in [7, 11) is 0. The largest absolute Gasteiger partial charge is 0.317 e. The lowest BCUT2D eigenvalue weighted by molar-refractivity contribution is 0.140. The van der Waals surface area contributed by atoms with Gasteiger partial charge in [-0.1, -0.05) is 45.0 Å². The van der Waals surface area contributed by atoms with E-state index in [1.54, 1.807) is 0 Å². The zero-order chi connectivity index (χ0) is 15.2. The number of likely N-dealkylation sites (tertiary alicyclic amines) is 1. The van der Waals surface area contributed by atoms with E-state index in [1.165, 1.54) is 43.6 Å². The first-order chi connectivity index (χ1) is 10.1. The molecule has 2 heteroatoms. The van der Waals surface area contributed by atoms with Crippen LogP contribution in [0.4, 0.5) is 0 Å². The van der Waals surface area contributed by atoms with Crippen LogP contribution in [0.3, 0.4) is 0 Å². The van der Waals surface area contributed by atoms with Crippen LogP contribution in [-0.2, 0) is 0 Å². The lowest BCUT2D eigenvalue weighted by Gasteiger charge is -2.36. The average Bonchev–Trinajstić information content (AvgIpc) is 2.53. The van der Waals surface area contributed by atoms with Crippen LogP contribution in [0.5, 0.6) is 0 Å². The van der Waals surface area contributed by atoms with Gasteiger partial charge in [-0.05, 0) is 68.9 Å². The highest BCUT2D eigenvalue weighted by molar-refractivity contribution is 5.26. The maximum absolute atomic E-state index is 3.49. The molecule has 1 fully saturated rings. The summed E-state index contributed by atoms with van der Waals surface area (Å²) >= 11 is 0. The Bertz CT molecular complexity index is 402. The van der Waals surface area contributed by atoms with E-state index in [1.807, 2.05) is 0 Å². The molecule has 0 amide bonds. The van der Waals surface area contributed by atoms with Gasteiger partial charge in [0.2, 0.25) is 0 Å². The smallest absolute Gasteiger partial charge is 0.0319 e. The Morgan fingerprint density at radius 1 is 1.05 bits per heavy atom. The first kappa shape index (κ1) is 16.5. The van der Waals surface area contributed by atoms with E-state index in [9.17, 15) is 0 Å². The highest BCUT2D eigenvalue weighted by Gasteiger charge is 2.23. The molecule has 0 spiro atoms. The average molecular weight is 288 g/mol. The molecular formula is C19H32N2. The second kappa shape index (κ2) is 7.95. The van der Waals surface area contributed by atoms with Crippen molar-refractivity contribution in [2.24, 2.45) is 5.92 Å². The molecule has 0 saturated carbocycles. The van der Waals surface area contributed by atoms with Crippen molar-refractivity contribution >= 4 is 0 Å². The van der Waals surface area contributed by atoms with Crippen LogP contribution in [0, 0.1) is 5.92 Å². The van der Waals surface area contributed by atoms with Gasteiger partial charge in [-0.25, -0.2) is 0 Å². The first-order valence-corrected chi connectivity index (χ1v) is 8.66. The van der Waals surface area contributed by atoms with Gasteiger partial charge in [0.25, 0.3) is 0 Å². The number of hydrogen-bond donors (Lipinski definition) is 1. The van der Waals surface area contributed by atoms with E-state index in [2.05, 4.69) is 62.2 Å². The van der Waals surface area contributed by atoms with Gasteiger partial charge in [0, 0.05) is 6.04 Å². The highest BCUT2D eigenvalue weighted by atomic mass is 15.2. The molecule has 1 heterocycles. The summed E-state index contributed by atoms with van der Waals surface area (Å²) in [5, 5.41) is 3.49. The Kier molecular flexibility index (Phi) is 6.25. The van der Waals surface area contributed by atoms with Crippen LogP contribution in [0.15, 0.2) is 24.3 Å². The Morgan fingerprint density at radius 2 is 1.62 bits per heavy atom. The molecule has 1 aromatic rings. The van der Waals surface area contributed by atoms with Crippen molar-refractivity contribution in [3.63, 3.8) is 0 Å².